The predicted octanol–water partition coefficient (Wildman–Crippen LogP) is 1.46. The summed E-state index contributed by atoms with van der Waals surface area (Å²) in [5.74, 6) is 0. The van der Waals surface area contributed by atoms with Crippen LogP contribution in [0.2, 0.25) is 0 Å². The summed E-state index contributed by atoms with van der Waals surface area (Å²) in [4.78, 5) is 14.4. The van der Waals surface area contributed by atoms with E-state index >= 15 is 0 Å². The van der Waals surface area contributed by atoms with Crippen molar-refractivity contribution in [2.45, 2.75) is 70.0 Å². The first-order chi connectivity index (χ1) is 9.56. The lowest BCUT2D eigenvalue weighted by Crippen LogP contribution is -2.53. The molecule has 0 unspecified atom stereocenters. The van der Waals surface area contributed by atoms with E-state index in [-0.39, 0.29) is 18.2 Å². The Balaban J connectivity index is 1.69. The number of nitrogens with zero attached hydrogens (tertiary/aromatic N) is 1. The third kappa shape index (κ3) is 4.09. The lowest BCUT2D eigenvalue weighted by atomic mass is 9.99. The molecule has 116 valence electrons. The molecule has 3 N–H and O–H groups in total. The van der Waals surface area contributed by atoms with Crippen LogP contribution in [0.5, 0.6) is 0 Å². The van der Waals surface area contributed by atoms with Crippen LogP contribution in [0.15, 0.2) is 0 Å². The number of carbonyl (C=O) groups excluding carboxylic acids is 1. The molecule has 0 heterocycles. The summed E-state index contributed by atoms with van der Waals surface area (Å²) in [5.41, 5.74) is -0.377. The molecule has 0 aromatic rings. The second-order valence-electron chi connectivity index (χ2n) is 6.59. The molecule has 2 amide bonds. The molecule has 0 atom stereocenters. The summed E-state index contributed by atoms with van der Waals surface area (Å²) >= 11 is 0. The minimum Gasteiger partial charge on any atom is -0.394 e. The lowest BCUT2D eigenvalue weighted by Gasteiger charge is -2.29. The molecule has 2 rings (SSSR count). The molecule has 0 spiro atoms. The molecule has 20 heavy (non-hydrogen) atoms. The summed E-state index contributed by atoms with van der Waals surface area (Å²) in [7, 11) is 0. The van der Waals surface area contributed by atoms with E-state index in [1.807, 2.05) is 0 Å². The fraction of sp³-hybridized carbons (Fsp3) is 0.933. The molecule has 2 aliphatic carbocycles. The van der Waals surface area contributed by atoms with Gasteiger partial charge in [-0.1, -0.05) is 12.8 Å². The van der Waals surface area contributed by atoms with Crippen molar-refractivity contribution in [3.8, 4) is 0 Å². The summed E-state index contributed by atoms with van der Waals surface area (Å²) in [6.45, 7) is 6.03. The van der Waals surface area contributed by atoms with Crippen LogP contribution in [0, 0.1) is 0 Å². The van der Waals surface area contributed by atoms with E-state index in [0.717, 1.165) is 38.3 Å². The lowest BCUT2D eigenvalue weighted by molar-refractivity contribution is 0.161. The van der Waals surface area contributed by atoms with Crippen molar-refractivity contribution in [3.63, 3.8) is 0 Å². The number of carbonyl (C=O) groups is 1. The van der Waals surface area contributed by atoms with Crippen molar-refractivity contribution in [2.75, 3.05) is 19.7 Å². The van der Waals surface area contributed by atoms with Crippen molar-refractivity contribution < 1.29 is 9.90 Å². The fourth-order valence-electron chi connectivity index (χ4n) is 3.23. The minimum absolute atomic E-state index is 0.0423. The smallest absolute Gasteiger partial charge is 0.315 e. The van der Waals surface area contributed by atoms with Crippen molar-refractivity contribution in [1.82, 2.24) is 15.5 Å². The maximum atomic E-state index is 11.9. The van der Waals surface area contributed by atoms with Crippen LogP contribution in [-0.2, 0) is 0 Å². The second kappa shape index (κ2) is 6.76. The van der Waals surface area contributed by atoms with E-state index in [2.05, 4.69) is 29.4 Å². The quantitative estimate of drug-likeness (QED) is 0.663. The van der Waals surface area contributed by atoms with Gasteiger partial charge in [-0.25, -0.2) is 4.79 Å². The van der Waals surface area contributed by atoms with Crippen LogP contribution in [0.25, 0.3) is 0 Å². The van der Waals surface area contributed by atoms with E-state index in [1.54, 1.807) is 0 Å². The highest BCUT2D eigenvalue weighted by molar-refractivity contribution is 5.74. The Bertz CT molecular complexity index is 321. The Morgan fingerprint density at radius 3 is 2.50 bits per heavy atom. The van der Waals surface area contributed by atoms with Crippen LogP contribution in [0.4, 0.5) is 4.79 Å². The first-order valence-corrected chi connectivity index (χ1v) is 7.99. The second-order valence-corrected chi connectivity index (χ2v) is 6.59. The Morgan fingerprint density at radius 2 is 2.00 bits per heavy atom. The van der Waals surface area contributed by atoms with Crippen molar-refractivity contribution >= 4 is 6.03 Å². The molecule has 2 fully saturated rings. The first kappa shape index (κ1) is 15.6. The van der Waals surface area contributed by atoms with Gasteiger partial charge in [0.2, 0.25) is 0 Å². The summed E-state index contributed by atoms with van der Waals surface area (Å²) in [5, 5.41) is 15.4. The third-order valence-corrected chi connectivity index (χ3v) is 4.58. The molecule has 2 saturated carbocycles. The van der Waals surface area contributed by atoms with Crippen LogP contribution in [0.1, 0.15) is 52.4 Å². The topological polar surface area (TPSA) is 64.6 Å². The number of amides is 2. The zero-order chi connectivity index (χ0) is 14.6. The van der Waals surface area contributed by atoms with Crippen LogP contribution >= 0.6 is 0 Å². The Hall–Kier alpha value is -0.810. The van der Waals surface area contributed by atoms with E-state index in [9.17, 15) is 9.90 Å². The normalized spacial score (nSPS) is 21.4. The van der Waals surface area contributed by atoms with Gasteiger partial charge in [-0.05, 0) is 39.5 Å². The molecule has 2 aliphatic rings. The van der Waals surface area contributed by atoms with E-state index < -0.39 is 0 Å². The van der Waals surface area contributed by atoms with Crippen LogP contribution in [-0.4, -0.2) is 53.4 Å². The minimum atomic E-state index is -0.377. The predicted molar refractivity (Wildman–Crippen MR) is 79.7 cm³/mol. The van der Waals surface area contributed by atoms with Gasteiger partial charge < -0.3 is 15.7 Å². The number of hydrogen-bond acceptors (Lipinski definition) is 3. The molecular weight excluding hydrogens is 254 g/mol. The molecular formula is C15H29N3O2. The Labute approximate surface area is 122 Å². The number of urea groups is 1. The number of nitrogens with one attached hydrogen (secondary N) is 2. The molecule has 0 radical (unpaired) electrons. The largest absolute Gasteiger partial charge is 0.394 e. The van der Waals surface area contributed by atoms with Crippen LogP contribution in [0.3, 0.4) is 0 Å². The summed E-state index contributed by atoms with van der Waals surface area (Å²) in [6, 6.07) is 1.12. The molecule has 0 aliphatic heterocycles. The Kier molecular flexibility index (Phi) is 5.27. The maximum Gasteiger partial charge on any atom is 0.315 e. The fourth-order valence-corrected chi connectivity index (χ4v) is 3.23. The Morgan fingerprint density at radius 1 is 1.35 bits per heavy atom. The van der Waals surface area contributed by atoms with Gasteiger partial charge in [-0.2, -0.15) is 0 Å². The van der Waals surface area contributed by atoms with E-state index in [1.165, 1.54) is 12.8 Å². The van der Waals surface area contributed by atoms with Crippen LogP contribution < -0.4 is 10.6 Å². The summed E-state index contributed by atoms with van der Waals surface area (Å²) in [6.07, 6.45) is 6.53. The van der Waals surface area contributed by atoms with Gasteiger partial charge in [0.1, 0.15) is 0 Å². The molecule has 0 aromatic carbocycles. The molecule has 5 nitrogen and oxygen atoms in total. The maximum absolute atomic E-state index is 11.9. The number of aliphatic hydroxyl groups is 1. The van der Waals surface area contributed by atoms with Gasteiger partial charge in [0.05, 0.1) is 12.1 Å². The van der Waals surface area contributed by atoms with Gasteiger partial charge in [0.25, 0.3) is 0 Å². The molecule has 5 heteroatoms. The van der Waals surface area contributed by atoms with Crippen molar-refractivity contribution in [1.29, 1.82) is 0 Å². The third-order valence-electron chi connectivity index (χ3n) is 4.58. The number of rotatable bonds is 7. The highest BCUT2D eigenvalue weighted by Gasteiger charge is 2.34. The number of aliphatic hydroxyl groups excluding tert-OH is 1. The van der Waals surface area contributed by atoms with Crippen molar-refractivity contribution in [3.05, 3.63) is 0 Å². The molecule has 0 aromatic heterocycles. The van der Waals surface area contributed by atoms with E-state index in [4.69, 9.17) is 0 Å². The van der Waals surface area contributed by atoms with Crippen molar-refractivity contribution in [2.24, 2.45) is 0 Å². The monoisotopic (exact) mass is 283 g/mol. The zero-order valence-electron chi connectivity index (χ0n) is 12.8. The van der Waals surface area contributed by atoms with E-state index in [0.29, 0.717) is 12.6 Å². The standard InChI is InChI=1S/C15H29N3O2/c1-12(2)18(13-5-6-13)10-9-16-14(20)17-15(11-19)7-3-4-8-15/h12-13,19H,3-11H2,1-2H3,(H2,16,17,20). The molecule has 0 saturated heterocycles. The molecule has 0 bridgehead atoms. The zero-order valence-corrected chi connectivity index (χ0v) is 12.8. The van der Waals surface area contributed by atoms with Gasteiger partial charge in [0.15, 0.2) is 0 Å². The number of hydrogen-bond donors (Lipinski definition) is 3. The van der Waals surface area contributed by atoms with Gasteiger partial charge >= 0.3 is 6.03 Å². The highest BCUT2D eigenvalue weighted by Crippen LogP contribution is 2.29. The average molecular weight is 283 g/mol. The SMILES string of the molecule is CC(C)N(CCNC(=O)NC1(CO)CCCC1)C1CC1. The highest BCUT2D eigenvalue weighted by atomic mass is 16.3. The average Bonchev–Trinajstić information content (AvgIpc) is 3.14. The summed E-state index contributed by atoms with van der Waals surface area (Å²) < 4.78 is 0. The first-order valence-electron chi connectivity index (χ1n) is 7.99. The van der Waals surface area contributed by atoms with Gasteiger partial charge in [-0.3, -0.25) is 4.90 Å². The van der Waals surface area contributed by atoms with Gasteiger partial charge in [-0.15, -0.1) is 0 Å². The van der Waals surface area contributed by atoms with Gasteiger partial charge in [0, 0.05) is 25.2 Å².